The highest BCUT2D eigenvalue weighted by Crippen LogP contribution is 2.24. The molecule has 0 radical (unpaired) electrons. The Bertz CT molecular complexity index is 501. The number of ether oxygens (including phenoxy) is 1. The highest BCUT2D eigenvalue weighted by atomic mass is 35.5. The molecule has 0 unspecified atom stereocenters. The Morgan fingerprint density at radius 2 is 2.33 bits per heavy atom. The molecular weight excluding hydrogens is 266 g/mol. The van der Waals surface area contributed by atoms with Crippen molar-refractivity contribution < 1.29 is 18.3 Å². The number of esters is 1. The van der Waals surface area contributed by atoms with Crippen LogP contribution < -0.4 is 0 Å². The summed E-state index contributed by atoms with van der Waals surface area (Å²) in [5.74, 6) is -0.642. The number of carbonyl (C=O) groups excluding carboxylic acids is 1. The number of aromatic nitrogens is 1. The smallest absolute Gasteiger partial charge is 0.311 e. The van der Waals surface area contributed by atoms with Crippen molar-refractivity contribution in [3.63, 3.8) is 0 Å². The summed E-state index contributed by atoms with van der Waals surface area (Å²) in [5.41, 5.74) is -0.422. The molecular formula is C11H9ClF2N2O2. The lowest BCUT2D eigenvalue weighted by Gasteiger charge is -2.09. The molecule has 0 bridgehead atoms. The number of halogens is 3. The molecule has 0 saturated heterocycles. The van der Waals surface area contributed by atoms with E-state index in [4.69, 9.17) is 16.9 Å². The average molecular weight is 275 g/mol. The molecule has 0 aliphatic heterocycles. The van der Waals surface area contributed by atoms with E-state index in [2.05, 4.69) is 9.72 Å². The summed E-state index contributed by atoms with van der Waals surface area (Å²) in [4.78, 5) is 14.8. The van der Waals surface area contributed by atoms with Crippen LogP contribution in [-0.4, -0.2) is 18.1 Å². The number of methoxy groups -OCH3 is 1. The summed E-state index contributed by atoms with van der Waals surface area (Å²) in [6, 6.07) is 2.85. The van der Waals surface area contributed by atoms with Crippen molar-refractivity contribution in [1.29, 1.82) is 5.26 Å². The minimum absolute atomic E-state index is 0.0302. The number of pyridine rings is 1. The van der Waals surface area contributed by atoms with E-state index in [1.165, 1.54) is 13.2 Å². The van der Waals surface area contributed by atoms with Crippen LogP contribution in [0.15, 0.2) is 6.07 Å². The molecule has 1 aromatic heterocycles. The normalized spacial score (nSPS) is 10.2. The summed E-state index contributed by atoms with van der Waals surface area (Å²) < 4.78 is 29.8. The van der Waals surface area contributed by atoms with Gasteiger partial charge in [0.1, 0.15) is 11.8 Å². The Morgan fingerprint density at radius 1 is 1.67 bits per heavy atom. The molecule has 0 aliphatic rings. The van der Waals surface area contributed by atoms with Crippen molar-refractivity contribution in [2.24, 2.45) is 0 Å². The van der Waals surface area contributed by atoms with Crippen LogP contribution in [0.2, 0.25) is 0 Å². The molecule has 96 valence electrons. The predicted molar refractivity (Wildman–Crippen MR) is 59.2 cm³/mol. The van der Waals surface area contributed by atoms with Crippen molar-refractivity contribution in [3.8, 4) is 6.07 Å². The van der Waals surface area contributed by atoms with Gasteiger partial charge in [0, 0.05) is 5.88 Å². The zero-order chi connectivity index (χ0) is 13.7. The molecule has 18 heavy (non-hydrogen) atoms. The molecule has 0 atom stereocenters. The second-order valence-electron chi connectivity index (χ2n) is 3.33. The van der Waals surface area contributed by atoms with Crippen LogP contribution in [0, 0.1) is 11.3 Å². The summed E-state index contributed by atoms with van der Waals surface area (Å²) >= 11 is 5.63. The maximum atomic E-state index is 12.7. The van der Waals surface area contributed by atoms with Crippen LogP contribution in [-0.2, 0) is 21.8 Å². The van der Waals surface area contributed by atoms with Gasteiger partial charge in [-0.15, -0.1) is 11.6 Å². The van der Waals surface area contributed by atoms with E-state index in [0.29, 0.717) is 5.56 Å². The van der Waals surface area contributed by atoms with Gasteiger partial charge in [0.05, 0.1) is 24.8 Å². The quantitative estimate of drug-likeness (QED) is 0.624. The number of carbonyl (C=O) groups is 1. The van der Waals surface area contributed by atoms with Crippen molar-refractivity contribution in [1.82, 2.24) is 4.98 Å². The fourth-order valence-electron chi connectivity index (χ4n) is 1.34. The first kappa shape index (κ1) is 14.3. The van der Waals surface area contributed by atoms with Crippen LogP contribution in [0.4, 0.5) is 8.78 Å². The lowest BCUT2D eigenvalue weighted by Crippen LogP contribution is -2.11. The van der Waals surface area contributed by atoms with Gasteiger partial charge >= 0.3 is 5.97 Å². The average Bonchev–Trinajstić information content (AvgIpc) is 2.37. The third kappa shape index (κ3) is 3.14. The molecule has 0 fully saturated rings. The van der Waals surface area contributed by atoms with Gasteiger partial charge in [0.25, 0.3) is 6.43 Å². The molecule has 1 heterocycles. The van der Waals surface area contributed by atoms with Crippen LogP contribution in [0.1, 0.15) is 28.9 Å². The second-order valence-corrected chi connectivity index (χ2v) is 3.59. The Labute approximate surface area is 107 Å². The van der Waals surface area contributed by atoms with E-state index < -0.39 is 18.1 Å². The maximum Gasteiger partial charge on any atom is 0.311 e. The minimum Gasteiger partial charge on any atom is -0.469 e. The highest BCUT2D eigenvalue weighted by molar-refractivity contribution is 6.17. The first-order chi connectivity index (χ1) is 8.53. The number of nitriles is 1. The van der Waals surface area contributed by atoms with Gasteiger partial charge < -0.3 is 4.74 Å². The molecule has 4 nitrogen and oxygen atoms in total. The third-order valence-corrected chi connectivity index (χ3v) is 2.52. The number of alkyl halides is 3. The van der Waals surface area contributed by atoms with Gasteiger partial charge in [-0.3, -0.25) is 4.79 Å². The van der Waals surface area contributed by atoms with E-state index in [0.717, 1.165) is 0 Å². The van der Waals surface area contributed by atoms with Crippen molar-refractivity contribution in [3.05, 3.63) is 28.6 Å². The Kier molecular flexibility index (Phi) is 4.98. The van der Waals surface area contributed by atoms with E-state index in [9.17, 15) is 13.6 Å². The van der Waals surface area contributed by atoms with Crippen LogP contribution in [0.5, 0.6) is 0 Å². The topological polar surface area (TPSA) is 63.0 Å². The standard InChI is InChI=1S/C11H9ClF2N2O2/c1-18-9(17)3-8-6(4-12)2-7(5-15)10(16-8)11(13)14/h2,11H,3-4H2,1H3. The fourth-order valence-corrected chi connectivity index (χ4v) is 1.57. The number of rotatable bonds is 4. The second kappa shape index (κ2) is 6.26. The fraction of sp³-hybridized carbons (Fsp3) is 0.364. The zero-order valence-corrected chi connectivity index (χ0v) is 10.2. The summed E-state index contributed by atoms with van der Waals surface area (Å²) in [6.45, 7) is 0. The maximum absolute atomic E-state index is 12.7. The monoisotopic (exact) mass is 274 g/mol. The first-order valence-corrected chi connectivity index (χ1v) is 5.40. The lowest BCUT2D eigenvalue weighted by atomic mass is 10.1. The largest absolute Gasteiger partial charge is 0.469 e. The van der Waals surface area contributed by atoms with Crippen LogP contribution >= 0.6 is 11.6 Å². The molecule has 0 aromatic carbocycles. The molecule has 0 amide bonds. The summed E-state index contributed by atoms with van der Waals surface area (Å²) in [7, 11) is 1.18. The van der Waals surface area contributed by atoms with E-state index in [1.807, 2.05) is 0 Å². The van der Waals surface area contributed by atoms with Crippen molar-refractivity contribution in [2.75, 3.05) is 7.11 Å². The first-order valence-electron chi connectivity index (χ1n) is 4.87. The number of hydrogen-bond donors (Lipinski definition) is 0. The highest BCUT2D eigenvalue weighted by Gasteiger charge is 2.20. The van der Waals surface area contributed by atoms with E-state index in [-0.39, 0.29) is 23.6 Å². The molecule has 0 spiro atoms. The summed E-state index contributed by atoms with van der Waals surface area (Å²) in [6.07, 6.45) is -3.15. The summed E-state index contributed by atoms with van der Waals surface area (Å²) in [5, 5.41) is 8.75. The van der Waals surface area contributed by atoms with Gasteiger partial charge in [-0.1, -0.05) is 0 Å². The van der Waals surface area contributed by atoms with Crippen LogP contribution in [0.25, 0.3) is 0 Å². The van der Waals surface area contributed by atoms with E-state index >= 15 is 0 Å². The molecule has 0 aliphatic carbocycles. The Balaban J connectivity index is 3.28. The third-order valence-electron chi connectivity index (χ3n) is 2.23. The zero-order valence-electron chi connectivity index (χ0n) is 9.41. The number of hydrogen-bond acceptors (Lipinski definition) is 4. The van der Waals surface area contributed by atoms with Crippen LogP contribution in [0.3, 0.4) is 0 Å². The van der Waals surface area contributed by atoms with E-state index in [1.54, 1.807) is 6.07 Å². The van der Waals surface area contributed by atoms with Crippen molar-refractivity contribution in [2.45, 2.75) is 18.7 Å². The van der Waals surface area contributed by atoms with Gasteiger partial charge in [-0.05, 0) is 11.6 Å². The molecule has 1 rings (SSSR count). The van der Waals surface area contributed by atoms with Crippen molar-refractivity contribution >= 4 is 17.6 Å². The predicted octanol–water partition coefficient (Wildman–Crippen LogP) is 2.35. The van der Waals surface area contributed by atoms with Gasteiger partial charge in [0.15, 0.2) is 0 Å². The Morgan fingerprint density at radius 3 is 2.78 bits per heavy atom. The molecule has 0 N–H and O–H groups in total. The molecule has 1 aromatic rings. The Hall–Kier alpha value is -1.74. The van der Waals surface area contributed by atoms with Gasteiger partial charge in [-0.2, -0.15) is 5.26 Å². The van der Waals surface area contributed by atoms with Gasteiger partial charge in [0.2, 0.25) is 0 Å². The minimum atomic E-state index is -2.89. The lowest BCUT2D eigenvalue weighted by molar-refractivity contribution is -0.139. The number of nitrogens with zero attached hydrogens (tertiary/aromatic N) is 2. The SMILES string of the molecule is COC(=O)Cc1nc(C(F)F)c(C#N)cc1CCl. The van der Waals surface area contributed by atoms with Gasteiger partial charge in [-0.25, -0.2) is 13.8 Å². The molecule has 0 saturated carbocycles. The molecule has 7 heteroatoms.